The van der Waals surface area contributed by atoms with Gasteiger partial charge in [-0.3, -0.25) is 10.3 Å². The molecule has 0 amide bonds. The minimum atomic E-state index is 0. The smallest absolute Gasteiger partial charge is 0.340 e. The number of rotatable bonds is 3. The van der Waals surface area contributed by atoms with Crippen molar-refractivity contribution in [1.29, 1.82) is 0 Å². The maximum Gasteiger partial charge on any atom is 1.00 e. The molecule has 5 nitrogen and oxygen atoms in total. The van der Waals surface area contributed by atoms with Gasteiger partial charge >= 0.3 is 51.4 Å². The first-order valence-electron chi connectivity index (χ1n) is 6.04. The molecule has 6 heteroatoms. The summed E-state index contributed by atoms with van der Waals surface area (Å²) in [6.07, 6.45) is 1.06. The molecule has 0 bridgehead atoms. The molecule has 0 unspecified atom stereocenters. The number of hydrogen-bond donors (Lipinski definition) is 0. The van der Waals surface area contributed by atoms with Gasteiger partial charge in [0.2, 0.25) is 0 Å². The monoisotopic (exact) mass is 279 g/mol. The molecule has 3 rings (SSSR count). The van der Waals surface area contributed by atoms with Crippen LogP contribution in [0.2, 0.25) is 0 Å². The molecule has 2 aromatic heterocycles. The van der Waals surface area contributed by atoms with Gasteiger partial charge in [-0.1, -0.05) is 13.0 Å². The van der Waals surface area contributed by atoms with Crippen LogP contribution in [0.5, 0.6) is 0 Å². The Balaban J connectivity index is 0.00000133. The van der Waals surface area contributed by atoms with Crippen LogP contribution >= 0.6 is 0 Å². The maximum atomic E-state index is 3.88. The van der Waals surface area contributed by atoms with Gasteiger partial charge in [-0.15, -0.1) is 0 Å². The summed E-state index contributed by atoms with van der Waals surface area (Å²) >= 11 is 0. The fraction of sp³-hybridized carbons (Fsp3) is 0.308. The fourth-order valence-corrected chi connectivity index (χ4v) is 2.26. The van der Waals surface area contributed by atoms with Crippen molar-refractivity contribution in [1.82, 2.24) is 25.2 Å². The first kappa shape index (κ1) is 14.9. The molecule has 0 radical (unpaired) electrons. The van der Waals surface area contributed by atoms with Gasteiger partial charge < -0.3 is 9.67 Å². The van der Waals surface area contributed by atoms with E-state index in [9.17, 15) is 0 Å². The molecule has 0 aliphatic rings. The van der Waals surface area contributed by atoms with E-state index >= 15 is 0 Å². The molecule has 1 aromatic carbocycles. The van der Waals surface area contributed by atoms with E-state index in [1.807, 2.05) is 0 Å². The SMILES string of the molecule is CCc1ccc2c(c1)cc(C)n2Cc1nnn[n-]1.[K+]. The zero-order valence-corrected chi connectivity index (χ0v) is 14.6. The molecule has 0 aliphatic carbocycles. The van der Waals surface area contributed by atoms with Crippen molar-refractivity contribution >= 4 is 10.9 Å². The van der Waals surface area contributed by atoms with Gasteiger partial charge in [0, 0.05) is 22.4 Å². The average Bonchev–Trinajstić information content (AvgIpc) is 2.98. The summed E-state index contributed by atoms with van der Waals surface area (Å²) in [6, 6.07) is 8.76. The van der Waals surface area contributed by atoms with Gasteiger partial charge in [-0.25, -0.2) is 0 Å². The second-order valence-corrected chi connectivity index (χ2v) is 4.41. The summed E-state index contributed by atoms with van der Waals surface area (Å²) in [4.78, 5) is 0. The van der Waals surface area contributed by atoms with E-state index < -0.39 is 0 Å². The summed E-state index contributed by atoms with van der Waals surface area (Å²) in [5.74, 6) is 0.648. The van der Waals surface area contributed by atoms with E-state index in [0.717, 1.165) is 6.42 Å². The van der Waals surface area contributed by atoms with Crippen LogP contribution in [0, 0.1) is 6.92 Å². The van der Waals surface area contributed by atoms with Crippen LogP contribution in [0.15, 0.2) is 24.3 Å². The van der Waals surface area contributed by atoms with E-state index in [2.05, 4.69) is 63.3 Å². The molecule has 0 fully saturated rings. The fourth-order valence-electron chi connectivity index (χ4n) is 2.26. The summed E-state index contributed by atoms with van der Waals surface area (Å²) in [5, 5.41) is 16.1. The summed E-state index contributed by atoms with van der Waals surface area (Å²) < 4.78 is 2.19. The Labute approximate surface area is 154 Å². The first-order valence-corrected chi connectivity index (χ1v) is 6.04. The Morgan fingerprint density at radius 2 is 2.11 bits per heavy atom. The number of nitrogens with zero attached hydrogens (tertiary/aromatic N) is 5. The second-order valence-electron chi connectivity index (χ2n) is 4.41. The van der Waals surface area contributed by atoms with E-state index in [1.54, 1.807) is 0 Å². The van der Waals surface area contributed by atoms with Gasteiger partial charge in [0.25, 0.3) is 0 Å². The van der Waals surface area contributed by atoms with Crippen LogP contribution in [0.25, 0.3) is 10.9 Å². The first-order chi connectivity index (χ1) is 8.78. The van der Waals surface area contributed by atoms with Crippen molar-refractivity contribution < 1.29 is 51.4 Å². The molecule has 0 N–H and O–H groups in total. The zero-order valence-electron chi connectivity index (χ0n) is 11.5. The number of fused-ring (bicyclic) bond motifs is 1. The summed E-state index contributed by atoms with van der Waals surface area (Å²) in [7, 11) is 0. The quantitative estimate of drug-likeness (QED) is 0.560. The molecule has 0 atom stereocenters. The van der Waals surface area contributed by atoms with Crippen molar-refractivity contribution in [3.63, 3.8) is 0 Å². The van der Waals surface area contributed by atoms with Crippen LogP contribution in [-0.2, 0) is 13.0 Å². The number of tetrazole rings is 1. The van der Waals surface area contributed by atoms with Crippen LogP contribution in [0.3, 0.4) is 0 Å². The largest absolute Gasteiger partial charge is 1.00 e. The third kappa shape index (κ3) is 2.98. The Morgan fingerprint density at radius 1 is 1.26 bits per heavy atom. The van der Waals surface area contributed by atoms with Gasteiger partial charge in [0.05, 0.1) is 6.54 Å². The number of hydrogen-bond acceptors (Lipinski definition) is 3. The number of aromatic nitrogens is 5. The van der Waals surface area contributed by atoms with Gasteiger partial charge in [0.15, 0.2) is 0 Å². The standard InChI is InChI=1S/C13H14N5.K/c1-3-10-4-5-12-11(7-10)6-9(2)18(12)8-13-14-16-17-15-13;/h4-7H,3,8H2,1-2H3;/q-1;+1. The molecule has 92 valence electrons. The molecular formula is C13H14KN5. The summed E-state index contributed by atoms with van der Waals surface area (Å²) in [6.45, 7) is 4.88. The van der Waals surface area contributed by atoms with Crippen LogP contribution < -0.4 is 56.5 Å². The molecule has 0 saturated heterocycles. The Hall–Kier alpha value is -0.534. The van der Waals surface area contributed by atoms with Crippen molar-refractivity contribution in [2.75, 3.05) is 0 Å². The van der Waals surface area contributed by atoms with E-state index in [1.165, 1.54) is 22.2 Å². The normalized spacial score (nSPS) is 10.6. The molecule has 2 heterocycles. The van der Waals surface area contributed by atoms with Crippen LogP contribution in [-0.4, -0.2) is 20.1 Å². The molecule has 0 aliphatic heterocycles. The van der Waals surface area contributed by atoms with E-state index in [4.69, 9.17) is 0 Å². The number of benzene rings is 1. The van der Waals surface area contributed by atoms with Crippen LogP contribution in [0.4, 0.5) is 0 Å². The minimum Gasteiger partial charge on any atom is -0.340 e. The third-order valence-electron chi connectivity index (χ3n) is 3.24. The second kappa shape index (κ2) is 6.28. The van der Waals surface area contributed by atoms with Crippen molar-refractivity contribution in [2.24, 2.45) is 0 Å². The topological polar surface area (TPSA) is 57.7 Å². The minimum absolute atomic E-state index is 0. The molecule has 3 aromatic rings. The van der Waals surface area contributed by atoms with Crippen LogP contribution in [0.1, 0.15) is 24.0 Å². The van der Waals surface area contributed by atoms with Gasteiger partial charge in [-0.05, 0) is 37.1 Å². The summed E-state index contributed by atoms with van der Waals surface area (Å²) in [5.41, 5.74) is 3.75. The third-order valence-corrected chi connectivity index (χ3v) is 3.24. The predicted molar refractivity (Wildman–Crippen MR) is 68.3 cm³/mol. The number of aryl methyl sites for hydroxylation is 2. The van der Waals surface area contributed by atoms with E-state index in [0.29, 0.717) is 12.4 Å². The van der Waals surface area contributed by atoms with Gasteiger partial charge in [-0.2, -0.15) is 5.21 Å². The molecule has 0 saturated carbocycles. The van der Waals surface area contributed by atoms with Gasteiger partial charge in [0.1, 0.15) is 0 Å². The zero-order chi connectivity index (χ0) is 12.5. The Morgan fingerprint density at radius 3 is 2.79 bits per heavy atom. The Kier molecular flexibility index (Phi) is 4.91. The predicted octanol–water partition coefficient (Wildman–Crippen LogP) is -1.29. The van der Waals surface area contributed by atoms with Crippen molar-refractivity contribution in [2.45, 2.75) is 26.8 Å². The molecule has 0 spiro atoms. The van der Waals surface area contributed by atoms with E-state index in [-0.39, 0.29) is 51.4 Å². The molecular weight excluding hydrogens is 265 g/mol. The maximum absolute atomic E-state index is 3.88. The van der Waals surface area contributed by atoms with Crippen molar-refractivity contribution in [3.05, 3.63) is 41.3 Å². The van der Waals surface area contributed by atoms with Crippen molar-refractivity contribution in [3.8, 4) is 0 Å². The average molecular weight is 279 g/mol. The Bertz CT molecular complexity index is 672. The molecule has 19 heavy (non-hydrogen) atoms.